The molecule has 3 rings (SSSR count). The van der Waals surface area contributed by atoms with Crippen LogP contribution in [0.2, 0.25) is 0 Å². The third-order valence-electron chi connectivity index (χ3n) is 4.22. The van der Waals surface area contributed by atoms with Gasteiger partial charge in [0.1, 0.15) is 0 Å². The first kappa shape index (κ1) is 18.9. The van der Waals surface area contributed by atoms with Gasteiger partial charge in [-0.05, 0) is 61.0 Å². The smallest absolute Gasteiger partial charge is 0.255 e. The number of hydrogen-bond donors (Lipinski definition) is 2. The zero-order valence-electron chi connectivity index (χ0n) is 15.4. The van der Waals surface area contributed by atoms with Crippen LogP contribution in [0.1, 0.15) is 37.4 Å². The van der Waals surface area contributed by atoms with Crippen molar-refractivity contribution in [2.75, 3.05) is 5.32 Å². The maximum absolute atomic E-state index is 12.3. The lowest BCUT2D eigenvalue weighted by molar-refractivity contribution is 0.0949. The van der Waals surface area contributed by atoms with E-state index in [1.54, 1.807) is 48.5 Å². The van der Waals surface area contributed by atoms with Crippen molar-refractivity contribution in [2.45, 2.75) is 13.5 Å². The number of carbonyl (C=O) groups excluding carboxylic acids is 2. The summed E-state index contributed by atoms with van der Waals surface area (Å²) in [4.78, 5) is 24.6. The highest BCUT2D eigenvalue weighted by Crippen LogP contribution is 2.12. The van der Waals surface area contributed by atoms with Gasteiger partial charge in [-0.15, -0.1) is 0 Å². The Labute approximate surface area is 163 Å². The predicted molar refractivity (Wildman–Crippen MR) is 108 cm³/mol. The van der Waals surface area contributed by atoms with E-state index in [0.29, 0.717) is 28.9 Å². The molecule has 0 aliphatic rings. The van der Waals surface area contributed by atoms with Crippen LogP contribution in [0.15, 0.2) is 72.8 Å². The highest BCUT2D eigenvalue weighted by Gasteiger charge is 2.09. The van der Waals surface area contributed by atoms with E-state index in [0.717, 1.165) is 11.1 Å². The Morgan fingerprint density at radius 2 is 1.54 bits per heavy atom. The van der Waals surface area contributed by atoms with Crippen LogP contribution in [0.4, 0.5) is 5.69 Å². The van der Waals surface area contributed by atoms with Crippen LogP contribution in [0.25, 0.3) is 0 Å². The molecule has 5 nitrogen and oxygen atoms in total. The van der Waals surface area contributed by atoms with E-state index in [4.69, 9.17) is 5.26 Å². The topological polar surface area (TPSA) is 82.0 Å². The van der Waals surface area contributed by atoms with Crippen LogP contribution in [0.3, 0.4) is 0 Å². The van der Waals surface area contributed by atoms with E-state index < -0.39 is 0 Å². The van der Waals surface area contributed by atoms with Gasteiger partial charge in [0.25, 0.3) is 11.8 Å². The molecule has 2 N–H and O–H groups in total. The molecule has 0 bridgehead atoms. The van der Waals surface area contributed by atoms with Crippen LogP contribution in [-0.2, 0) is 6.54 Å². The Balaban J connectivity index is 1.59. The molecular weight excluding hydrogens is 350 g/mol. The Bertz CT molecular complexity index is 1030. The van der Waals surface area contributed by atoms with Gasteiger partial charge in [-0.2, -0.15) is 5.26 Å². The van der Waals surface area contributed by atoms with Gasteiger partial charge in [0.15, 0.2) is 0 Å². The first-order valence-corrected chi connectivity index (χ1v) is 8.80. The monoisotopic (exact) mass is 369 g/mol. The average molecular weight is 369 g/mol. The molecule has 0 radical (unpaired) electrons. The zero-order valence-corrected chi connectivity index (χ0v) is 15.4. The summed E-state index contributed by atoms with van der Waals surface area (Å²) in [5.41, 5.74) is 4.24. The summed E-state index contributed by atoms with van der Waals surface area (Å²) in [5, 5.41) is 14.4. The maximum atomic E-state index is 12.3. The lowest BCUT2D eigenvalue weighted by Crippen LogP contribution is -2.23. The number of nitriles is 1. The molecule has 3 aromatic rings. The number of benzene rings is 3. The first-order chi connectivity index (χ1) is 13.5. The SMILES string of the molecule is Cc1cccc(CNC(=O)c2ccc(C(=O)Nc3ccc(C#N)cc3)cc2)c1. The summed E-state index contributed by atoms with van der Waals surface area (Å²) in [6, 6.07) is 23.1. The molecule has 138 valence electrons. The molecule has 2 amide bonds. The molecule has 0 atom stereocenters. The van der Waals surface area contributed by atoms with Gasteiger partial charge in [-0.25, -0.2) is 0 Å². The van der Waals surface area contributed by atoms with E-state index >= 15 is 0 Å². The standard InChI is InChI=1S/C23H19N3O2/c1-16-3-2-4-18(13-16)15-25-22(27)19-7-9-20(10-8-19)23(28)26-21-11-5-17(14-24)6-12-21/h2-13H,15H2,1H3,(H,25,27)(H,26,28). The minimum atomic E-state index is -0.281. The Morgan fingerprint density at radius 1 is 0.893 bits per heavy atom. The van der Waals surface area contributed by atoms with Gasteiger partial charge < -0.3 is 10.6 Å². The molecule has 0 unspecified atom stereocenters. The number of anilines is 1. The van der Waals surface area contributed by atoms with Gasteiger partial charge in [0, 0.05) is 23.4 Å². The summed E-state index contributed by atoms with van der Waals surface area (Å²) in [6.45, 7) is 2.45. The number of nitrogens with zero attached hydrogens (tertiary/aromatic N) is 1. The van der Waals surface area contributed by atoms with Gasteiger partial charge in [-0.1, -0.05) is 29.8 Å². The molecule has 5 heteroatoms. The number of amides is 2. The number of rotatable bonds is 5. The van der Waals surface area contributed by atoms with Crippen molar-refractivity contribution in [2.24, 2.45) is 0 Å². The summed E-state index contributed by atoms with van der Waals surface area (Å²) >= 11 is 0. The Hall–Kier alpha value is -3.91. The maximum Gasteiger partial charge on any atom is 0.255 e. The van der Waals surface area contributed by atoms with Crippen molar-refractivity contribution in [1.82, 2.24) is 5.32 Å². The number of nitrogens with one attached hydrogen (secondary N) is 2. The number of carbonyl (C=O) groups is 2. The van der Waals surface area contributed by atoms with E-state index in [2.05, 4.69) is 10.6 Å². The van der Waals surface area contributed by atoms with Crippen molar-refractivity contribution < 1.29 is 9.59 Å². The molecule has 28 heavy (non-hydrogen) atoms. The Kier molecular flexibility index (Phi) is 5.83. The summed E-state index contributed by atoms with van der Waals surface area (Å²) in [7, 11) is 0. The molecule has 0 saturated heterocycles. The number of aryl methyl sites for hydroxylation is 1. The van der Waals surface area contributed by atoms with Gasteiger partial charge in [0.05, 0.1) is 11.6 Å². The lowest BCUT2D eigenvalue weighted by Gasteiger charge is -2.08. The summed E-state index contributed by atoms with van der Waals surface area (Å²) in [6.07, 6.45) is 0. The molecule has 0 aliphatic carbocycles. The van der Waals surface area contributed by atoms with E-state index in [1.165, 1.54) is 0 Å². The third-order valence-corrected chi connectivity index (χ3v) is 4.22. The van der Waals surface area contributed by atoms with Crippen molar-refractivity contribution in [3.63, 3.8) is 0 Å². The van der Waals surface area contributed by atoms with Gasteiger partial charge in [0.2, 0.25) is 0 Å². The quantitative estimate of drug-likeness (QED) is 0.712. The van der Waals surface area contributed by atoms with Crippen LogP contribution in [0, 0.1) is 18.3 Å². The van der Waals surface area contributed by atoms with Crippen LogP contribution in [0.5, 0.6) is 0 Å². The second-order valence-corrected chi connectivity index (χ2v) is 6.39. The van der Waals surface area contributed by atoms with E-state index in [9.17, 15) is 9.59 Å². The second kappa shape index (κ2) is 8.65. The highest BCUT2D eigenvalue weighted by molar-refractivity contribution is 6.05. The Morgan fingerprint density at radius 3 is 2.14 bits per heavy atom. The van der Waals surface area contributed by atoms with Crippen LogP contribution >= 0.6 is 0 Å². The molecule has 0 spiro atoms. The fourth-order valence-electron chi connectivity index (χ4n) is 2.71. The van der Waals surface area contributed by atoms with Crippen molar-refractivity contribution in [3.8, 4) is 6.07 Å². The predicted octanol–water partition coefficient (Wildman–Crippen LogP) is 4.05. The molecule has 0 aliphatic heterocycles. The lowest BCUT2D eigenvalue weighted by atomic mass is 10.1. The molecular formula is C23H19N3O2. The van der Waals surface area contributed by atoms with Crippen molar-refractivity contribution in [3.05, 3.63) is 101 Å². The molecule has 3 aromatic carbocycles. The van der Waals surface area contributed by atoms with Gasteiger partial charge in [-0.3, -0.25) is 9.59 Å². The minimum Gasteiger partial charge on any atom is -0.348 e. The zero-order chi connectivity index (χ0) is 19.9. The minimum absolute atomic E-state index is 0.194. The third kappa shape index (κ3) is 4.83. The fourth-order valence-corrected chi connectivity index (χ4v) is 2.71. The van der Waals surface area contributed by atoms with E-state index in [-0.39, 0.29) is 11.8 Å². The van der Waals surface area contributed by atoms with Gasteiger partial charge >= 0.3 is 0 Å². The first-order valence-electron chi connectivity index (χ1n) is 8.80. The highest BCUT2D eigenvalue weighted by atomic mass is 16.2. The normalized spacial score (nSPS) is 10.0. The van der Waals surface area contributed by atoms with Crippen molar-refractivity contribution >= 4 is 17.5 Å². The summed E-state index contributed by atoms with van der Waals surface area (Å²) < 4.78 is 0. The van der Waals surface area contributed by atoms with Crippen LogP contribution in [-0.4, -0.2) is 11.8 Å². The fraction of sp³-hybridized carbons (Fsp3) is 0.0870. The number of hydrogen-bond acceptors (Lipinski definition) is 3. The van der Waals surface area contributed by atoms with Crippen LogP contribution < -0.4 is 10.6 Å². The molecule has 0 aromatic heterocycles. The second-order valence-electron chi connectivity index (χ2n) is 6.39. The molecule has 0 fully saturated rings. The summed E-state index contributed by atoms with van der Waals surface area (Å²) in [5.74, 6) is -0.475. The largest absolute Gasteiger partial charge is 0.348 e. The molecule has 0 heterocycles. The van der Waals surface area contributed by atoms with Crippen molar-refractivity contribution in [1.29, 1.82) is 5.26 Å². The molecule has 0 saturated carbocycles. The van der Waals surface area contributed by atoms with E-state index in [1.807, 2.05) is 37.3 Å². The average Bonchev–Trinajstić information content (AvgIpc) is 2.72.